The fourth-order valence-corrected chi connectivity index (χ4v) is 3.24. The summed E-state index contributed by atoms with van der Waals surface area (Å²) >= 11 is 0. The Bertz CT molecular complexity index is 1010. The van der Waals surface area contributed by atoms with Crippen molar-refractivity contribution in [2.75, 3.05) is 36.4 Å². The van der Waals surface area contributed by atoms with Crippen molar-refractivity contribution in [3.05, 3.63) is 60.2 Å². The maximum atomic E-state index is 13.7. The third kappa shape index (κ3) is 4.18. The lowest BCUT2D eigenvalue weighted by molar-refractivity contribution is 0.208. The molecule has 3 heterocycles. The van der Waals surface area contributed by atoms with Crippen LogP contribution in [0.25, 0.3) is 5.82 Å². The number of benzene rings is 1. The van der Waals surface area contributed by atoms with Crippen LogP contribution >= 0.6 is 0 Å². The third-order valence-corrected chi connectivity index (χ3v) is 4.89. The Morgan fingerprint density at radius 2 is 1.83 bits per heavy atom. The number of hydrogen-bond donors (Lipinski definition) is 1. The Kier molecular flexibility index (Phi) is 5.11. The van der Waals surface area contributed by atoms with Crippen LogP contribution in [0.15, 0.2) is 43.0 Å². The molecule has 0 aliphatic carbocycles. The van der Waals surface area contributed by atoms with E-state index in [0.29, 0.717) is 43.3 Å². The molecule has 1 aromatic carbocycles. The molecule has 0 unspecified atom stereocenters. The maximum Gasteiger partial charge on any atom is 0.321 e. The van der Waals surface area contributed by atoms with Crippen LogP contribution in [0.3, 0.4) is 0 Å². The maximum absolute atomic E-state index is 13.7. The largest absolute Gasteiger partial charge is 0.353 e. The standard InChI is InChI=1S/C20H22FN7O/c1-14-3-4-16(11-17(14)21)25-20(29)27-9-7-26(8-10-27)18-12-19(24-15(2)23-18)28-6-5-22-13-28/h3-6,11-13H,7-10H2,1-2H3,(H,25,29). The van der Waals surface area contributed by atoms with Gasteiger partial charge in [0.15, 0.2) is 0 Å². The van der Waals surface area contributed by atoms with Crippen molar-refractivity contribution in [2.45, 2.75) is 13.8 Å². The van der Waals surface area contributed by atoms with Gasteiger partial charge in [-0.1, -0.05) is 6.07 Å². The highest BCUT2D eigenvalue weighted by Gasteiger charge is 2.23. The fourth-order valence-electron chi connectivity index (χ4n) is 3.24. The Morgan fingerprint density at radius 3 is 2.52 bits per heavy atom. The molecule has 8 nitrogen and oxygen atoms in total. The number of halogens is 1. The van der Waals surface area contributed by atoms with Crippen molar-refractivity contribution in [1.82, 2.24) is 24.4 Å². The van der Waals surface area contributed by atoms with Gasteiger partial charge in [-0.15, -0.1) is 0 Å². The minimum absolute atomic E-state index is 0.231. The number of carbonyl (C=O) groups excluding carboxylic acids is 1. The van der Waals surface area contributed by atoms with Crippen LogP contribution in [-0.4, -0.2) is 56.6 Å². The topological polar surface area (TPSA) is 79.2 Å². The molecule has 1 aliphatic rings. The van der Waals surface area contributed by atoms with Crippen LogP contribution in [0, 0.1) is 19.7 Å². The molecule has 4 rings (SSSR count). The minimum Gasteiger partial charge on any atom is -0.353 e. The van der Waals surface area contributed by atoms with E-state index in [2.05, 4.69) is 25.2 Å². The summed E-state index contributed by atoms with van der Waals surface area (Å²) in [4.78, 5) is 29.4. The van der Waals surface area contributed by atoms with Crippen LogP contribution in [0.4, 0.5) is 20.7 Å². The van der Waals surface area contributed by atoms with Crippen molar-refractivity contribution < 1.29 is 9.18 Å². The van der Waals surface area contributed by atoms with Crippen LogP contribution < -0.4 is 10.2 Å². The van der Waals surface area contributed by atoms with Crippen molar-refractivity contribution in [3.8, 4) is 5.82 Å². The highest BCUT2D eigenvalue weighted by molar-refractivity contribution is 5.89. The molecule has 2 amide bonds. The van der Waals surface area contributed by atoms with Crippen LogP contribution in [0.5, 0.6) is 0 Å². The van der Waals surface area contributed by atoms with Gasteiger partial charge in [-0.3, -0.25) is 4.57 Å². The van der Waals surface area contributed by atoms with E-state index in [-0.39, 0.29) is 11.8 Å². The van der Waals surface area contributed by atoms with Crippen molar-refractivity contribution in [1.29, 1.82) is 0 Å². The molecule has 0 atom stereocenters. The van der Waals surface area contributed by atoms with Gasteiger partial charge in [0.05, 0.1) is 0 Å². The quantitative estimate of drug-likeness (QED) is 0.738. The molecule has 1 fully saturated rings. The highest BCUT2D eigenvalue weighted by atomic mass is 19.1. The lowest BCUT2D eigenvalue weighted by atomic mass is 10.2. The van der Waals surface area contributed by atoms with E-state index in [4.69, 9.17) is 0 Å². The molecule has 0 radical (unpaired) electrons. The number of anilines is 2. The number of nitrogens with zero attached hydrogens (tertiary/aromatic N) is 6. The normalized spacial score (nSPS) is 14.2. The monoisotopic (exact) mass is 395 g/mol. The van der Waals surface area contributed by atoms with Crippen LogP contribution in [0.1, 0.15) is 11.4 Å². The summed E-state index contributed by atoms with van der Waals surface area (Å²) in [5.74, 6) is 1.92. The summed E-state index contributed by atoms with van der Waals surface area (Å²) in [7, 11) is 0. The predicted octanol–water partition coefficient (Wildman–Crippen LogP) is 2.77. The Labute approximate surface area is 168 Å². The van der Waals surface area contributed by atoms with Crippen molar-refractivity contribution >= 4 is 17.5 Å². The van der Waals surface area contributed by atoms with Crippen LogP contribution in [-0.2, 0) is 0 Å². The number of urea groups is 1. The SMILES string of the molecule is Cc1nc(N2CCN(C(=O)Nc3ccc(C)c(F)c3)CC2)cc(-n2ccnc2)n1. The number of carbonyl (C=O) groups is 1. The van der Waals surface area contributed by atoms with E-state index in [1.807, 2.05) is 23.8 Å². The first-order valence-corrected chi connectivity index (χ1v) is 9.40. The second kappa shape index (κ2) is 7.86. The van der Waals surface area contributed by atoms with Gasteiger partial charge < -0.3 is 15.1 Å². The van der Waals surface area contributed by atoms with E-state index in [1.54, 1.807) is 36.5 Å². The lowest BCUT2D eigenvalue weighted by Gasteiger charge is -2.35. The third-order valence-electron chi connectivity index (χ3n) is 4.89. The zero-order chi connectivity index (χ0) is 20.4. The lowest BCUT2D eigenvalue weighted by Crippen LogP contribution is -2.50. The van der Waals surface area contributed by atoms with Crippen molar-refractivity contribution in [2.24, 2.45) is 0 Å². The van der Waals surface area contributed by atoms with E-state index >= 15 is 0 Å². The number of imidazole rings is 1. The number of hydrogen-bond acceptors (Lipinski definition) is 5. The molecule has 9 heteroatoms. The number of rotatable bonds is 3. The first-order chi connectivity index (χ1) is 14.0. The number of nitrogens with one attached hydrogen (secondary N) is 1. The molecule has 1 saturated heterocycles. The summed E-state index contributed by atoms with van der Waals surface area (Å²) in [6.07, 6.45) is 5.23. The summed E-state index contributed by atoms with van der Waals surface area (Å²) in [5, 5.41) is 2.76. The number of amides is 2. The number of aromatic nitrogens is 4. The second-order valence-corrected chi connectivity index (χ2v) is 6.97. The second-order valence-electron chi connectivity index (χ2n) is 6.97. The van der Waals surface area contributed by atoms with E-state index in [1.165, 1.54) is 6.07 Å². The first kappa shape index (κ1) is 18.9. The zero-order valence-corrected chi connectivity index (χ0v) is 16.3. The van der Waals surface area contributed by atoms with Crippen LogP contribution in [0.2, 0.25) is 0 Å². The Hall–Kier alpha value is -3.49. The van der Waals surface area contributed by atoms with Gasteiger partial charge in [0.25, 0.3) is 0 Å². The summed E-state index contributed by atoms with van der Waals surface area (Å²) in [6, 6.07) is 6.38. The van der Waals surface area contributed by atoms with Gasteiger partial charge >= 0.3 is 6.03 Å². The summed E-state index contributed by atoms with van der Waals surface area (Å²) < 4.78 is 15.5. The zero-order valence-electron chi connectivity index (χ0n) is 16.3. The molecule has 1 aliphatic heterocycles. The molecule has 2 aromatic heterocycles. The molecule has 0 bridgehead atoms. The van der Waals surface area contributed by atoms with Gasteiger partial charge in [-0.2, -0.15) is 0 Å². The molecule has 150 valence electrons. The molecule has 3 aromatic rings. The smallest absolute Gasteiger partial charge is 0.321 e. The molecule has 0 spiro atoms. The highest BCUT2D eigenvalue weighted by Crippen LogP contribution is 2.19. The summed E-state index contributed by atoms with van der Waals surface area (Å²) in [6.45, 7) is 5.93. The number of piperazine rings is 1. The van der Waals surface area contributed by atoms with Crippen molar-refractivity contribution in [3.63, 3.8) is 0 Å². The van der Waals surface area contributed by atoms with E-state index in [0.717, 1.165) is 11.6 Å². The van der Waals surface area contributed by atoms with Gasteiger partial charge in [0.1, 0.15) is 29.6 Å². The Balaban J connectivity index is 1.40. The predicted molar refractivity (Wildman–Crippen MR) is 108 cm³/mol. The Morgan fingerprint density at radius 1 is 1.07 bits per heavy atom. The average Bonchev–Trinajstić information content (AvgIpc) is 3.25. The van der Waals surface area contributed by atoms with E-state index < -0.39 is 0 Å². The van der Waals surface area contributed by atoms with Gasteiger partial charge in [0, 0.05) is 50.3 Å². The van der Waals surface area contributed by atoms with Gasteiger partial charge in [-0.05, 0) is 31.5 Å². The first-order valence-electron chi connectivity index (χ1n) is 9.40. The van der Waals surface area contributed by atoms with E-state index in [9.17, 15) is 9.18 Å². The minimum atomic E-state index is -0.333. The molecule has 1 N–H and O–H groups in total. The van der Waals surface area contributed by atoms with Gasteiger partial charge in [0.2, 0.25) is 0 Å². The number of aryl methyl sites for hydroxylation is 2. The molecular formula is C20H22FN7O. The van der Waals surface area contributed by atoms with Gasteiger partial charge in [-0.25, -0.2) is 24.1 Å². The molecule has 0 saturated carbocycles. The summed E-state index contributed by atoms with van der Waals surface area (Å²) in [5.41, 5.74) is 1.00. The fraction of sp³-hybridized carbons (Fsp3) is 0.300. The molecule has 29 heavy (non-hydrogen) atoms. The average molecular weight is 395 g/mol. The molecular weight excluding hydrogens is 373 g/mol.